The van der Waals surface area contributed by atoms with E-state index in [-0.39, 0.29) is 18.5 Å². The summed E-state index contributed by atoms with van der Waals surface area (Å²) in [5.41, 5.74) is 4.97. The average molecular weight is 245 g/mol. The summed E-state index contributed by atoms with van der Waals surface area (Å²) in [6, 6.07) is 3.11. The first-order valence-electron chi connectivity index (χ1n) is 5.35. The number of aliphatic hydroxyl groups is 1. The molecule has 0 spiro atoms. The molecular weight excluding hydrogens is 228 g/mol. The van der Waals surface area contributed by atoms with Gasteiger partial charge in [0.25, 0.3) is 0 Å². The highest BCUT2D eigenvalue weighted by molar-refractivity contribution is 5.24. The highest BCUT2D eigenvalue weighted by Gasteiger charge is 2.22. The van der Waals surface area contributed by atoms with Crippen LogP contribution in [0.25, 0.3) is 0 Å². The fourth-order valence-electron chi connectivity index (χ4n) is 1.55. The molecule has 0 aliphatic carbocycles. The van der Waals surface area contributed by atoms with Gasteiger partial charge in [0.15, 0.2) is 11.6 Å². The number of aliphatic hydroxyl groups excluding tert-OH is 1. The molecular formula is C12H17F2NO2. The zero-order chi connectivity index (χ0) is 13.1. The van der Waals surface area contributed by atoms with Gasteiger partial charge in [-0.2, -0.15) is 0 Å². The molecule has 0 aliphatic rings. The van der Waals surface area contributed by atoms with Gasteiger partial charge < -0.3 is 15.6 Å². The van der Waals surface area contributed by atoms with Crippen molar-refractivity contribution in [3.63, 3.8) is 0 Å². The lowest BCUT2D eigenvalue weighted by molar-refractivity contribution is 0.130. The van der Waals surface area contributed by atoms with Crippen LogP contribution in [0.4, 0.5) is 8.78 Å². The maximum Gasteiger partial charge on any atom is 0.167 e. The molecule has 17 heavy (non-hydrogen) atoms. The Hall–Kier alpha value is -1.20. The van der Waals surface area contributed by atoms with Gasteiger partial charge in [-0.1, -0.05) is 0 Å². The lowest BCUT2D eigenvalue weighted by atomic mass is 9.97. The summed E-state index contributed by atoms with van der Waals surface area (Å²) in [6.07, 6.45) is -0.0162. The second-order valence-electron chi connectivity index (χ2n) is 4.52. The summed E-state index contributed by atoms with van der Waals surface area (Å²) >= 11 is 0. The third kappa shape index (κ3) is 4.28. The Morgan fingerprint density at radius 1 is 1.47 bits per heavy atom. The summed E-state index contributed by atoms with van der Waals surface area (Å²) in [7, 11) is 0. The molecule has 0 saturated carbocycles. The quantitative estimate of drug-likeness (QED) is 0.832. The van der Waals surface area contributed by atoms with Crippen LogP contribution < -0.4 is 10.5 Å². The lowest BCUT2D eigenvalue weighted by Gasteiger charge is -2.26. The highest BCUT2D eigenvalue weighted by Crippen LogP contribution is 2.21. The van der Waals surface area contributed by atoms with E-state index in [0.29, 0.717) is 6.42 Å². The van der Waals surface area contributed by atoms with Crippen molar-refractivity contribution in [3.8, 4) is 5.75 Å². The molecule has 3 N–H and O–H groups in total. The Balaban J connectivity index is 2.65. The van der Waals surface area contributed by atoms with E-state index in [1.807, 2.05) is 0 Å². The molecule has 0 aromatic heterocycles. The van der Waals surface area contributed by atoms with Crippen LogP contribution in [0.15, 0.2) is 18.2 Å². The van der Waals surface area contributed by atoms with Crippen molar-refractivity contribution in [1.29, 1.82) is 0 Å². The Kier molecular flexibility index (Phi) is 4.42. The molecule has 1 rings (SSSR count). The molecule has 2 unspecified atom stereocenters. The van der Waals surface area contributed by atoms with E-state index in [9.17, 15) is 8.78 Å². The van der Waals surface area contributed by atoms with Crippen molar-refractivity contribution in [3.05, 3.63) is 29.8 Å². The first-order valence-corrected chi connectivity index (χ1v) is 5.35. The monoisotopic (exact) mass is 245 g/mol. The van der Waals surface area contributed by atoms with Crippen LogP contribution in [0, 0.1) is 11.6 Å². The first-order chi connectivity index (χ1) is 7.84. The largest absolute Gasteiger partial charge is 0.488 e. The van der Waals surface area contributed by atoms with Crippen molar-refractivity contribution in [1.82, 2.24) is 0 Å². The number of hydrogen-bond acceptors (Lipinski definition) is 3. The third-order valence-corrected chi connectivity index (χ3v) is 2.34. The fourth-order valence-corrected chi connectivity index (χ4v) is 1.55. The van der Waals surface area contributed by atoms with Crippen molar-refractivity contribution in [2.24, 2.45) is 5.73 Å². The molecule has 2 atom stereocenters. The number of benzene rings is 1. The van der Waals surface area contributed by atoms with Crippen molar-refractivity contribution in [2.45, 2.75) is 31.9 Å². The molecule has 96 valence electrons. The normalized spacial score (nSPS) is 16.4. The lowest BCUT2D eigenvalue weighted by Crippen LogP contribution is -2.43. The van der Waals surface area contributed by atoms with Gasteiger partial charge >= 0.3 is 0 Å². The van der Waals surface area contributed by atoms with Gasteiger partial charge in [-0.15, -0.1) is 0 Å². The van der Waals surface area contributed by atoms with E-state index in [1.165, 1.54) is 6.07 Å². The van der Waals surface area contributed by atoms with E-state index < -0.39 is 17.2 Å². The average Bonchev–Trinajstić information content (AvgIpc) is 2.21. The van der Waals surface area contributed by atoms with Gasteiger partial charge in [0.1, 0.15) is 5.82 Å². The number of nitrogens with two attached hydrogens (primary N) is 1. The van der Waals surface area contributed by atoms with E-state index in [0.717, 1.165) is 12.1 Å². The number of hydrogen-bond donors (Lipinski definition) is 2. The Morgan fingerprint density at radius 2 is 2.12 bits per heavy atom. The zero-order valence-electron chi connectivity index (χ0n) is 9.91. The summed E-state index contributed by atoms with van der Waals surface area (Å²) in [5, 5.41) is 9.00. The van der Waals surface area contributed by atoms with Crippen molar-refractivity contribution < 1.29 is 18.6 Å². The van der Waals surface area contributed by atoms with Gasteiger partial charge in [-0.3, -0.25) is 0 Å². The second kappa shape index (κ2) is 5.42. The highest BCUT2D eigenvalue weighted by atomic mass is 19.1. The molecule has 5 heteroatoms. The predicted molar refractivity (Wildman–Crippen MR) is 60.7 cm³/mol. The van der Waals surface area contributed by atoms with Gasteiger partial charge in [0, 0.05) is 18.0 Å². The van der Waals surface area contributed by atoms with Crippen LogP contribution in [-0.2, 0) is 0 Å². The van der Waals surface area contributed by atoms with E-state index >= 15 is 0 Å². The number of rotatable bonds is 5. The first kappa shape index (κ1) is 13.9. The smallest absolute Gasteiger partial charge is 0.167 e. The number of halogens is 2. The standard InChI is InChI=1S/C12H17F2NO2/c1-8(6-12(2,15)7-16)17-11-4-3-9(13)5-10(11)14/h3-5,8,16H,6-7,15H2,1-2H3. The van der Waals surface area contributed by atoms with Crippen LogP contribution in [0.2, 0.25) is 0 Å². The zero-order valence-corrected chi connectivity index (χ0v) is 9.91. The van der Waals surface area contributed by atoms with Gasteiger partial charge in [-0.05, 0) is 26.0 Å². The molecule has 0 heterocycles. The SMILES string of the molecule is CC(CC(C)(N)CO)Oc1ccc(F)cc1F. The summed E-state index contributed by atoms with van der Waals surface area (Å²) in [5.74, 6) is -1.42. The number of ether oxygens (including phenoxy) is 1. The maximum absolute atomic E-state index is 13.3. The van der Waals surface area contributed by atoms with Gasteiger partial charge in [0.05, 0.1) is 12.7 Å². The minimum atomic E-state index is -0.782. The van der Waals surface area contributed by atoms with Crippen molar-refractivity contribution >= 4 is 0 Å². The second-order valence-corrected chi connectivity index (χ2v) is 4.52. The summed E-state index contributed by atoms with van der Waals surface area (Å²) < 4.78 is 31.2. The molecule has 0 radical (unpaired) electrons. The predicted octanol–water partition coefficient (Wildman–Crippen LogP) is 1.83. The molecule has 0 bridgehead atoms. The minimum Gasteiger partial charge on any atom is -0.488 e. The van der Waals surface area contributed by atoms with Crippen molar-refractivity contribution in [2.75, 3.05) is 6.61 Å². The van der Waals surface area contributed by atoms with E-state index in [1.54, 1.807) is 13.8 Å². The van der Waals surface area contributed by atoms with Crippen LogP contribution in [0.1, 0.15) is 20.3 Å². The van der Waals surface area contributed by atoms with Gasteiger partial charge in [-0.25, -0.2) is 8.78 Å². The molecule has 3 nitrogen and oxygen atoms in total. The minimum absolute atomic E-state index is 0.0207. The fraction of sp³-hybridized carbons (Fsp3) is 0.500. The molecule has 0 fully saturated rings. The maximum atomic E-state index is 13.3. The molecule has 0 saturated heterocycles. The van der Waals surface area contributed by atoms with Crippen LogP contribution in [-0.4, -0.2) is 23.4 Å². The third-order valence-electron chi connectivity index (χ3n) is 2.34. The Bertz CT molecular complexity index is 383. The molecule has 1 aromatic rings. The molecule has 0 aliphatic heterocycles. The Morgan fingerprint density at radius 3 is 2.65 bits per heavy atom. The molecule has 1 aromatic carbocycles. The van der Waals surface area contributed by atoms with E-state index in [2.05, 4.69) is 0 Å². The van der Waals surface area contributed by atoms with E-state index in [4.69, 9.17) is 15.6 Å². The topological polar surface area (TPSA) is 55.5 Å². The summed E-state index contributed by atoms with van der Waals surface area (Å²) in [6.45, 7) is 3.20. The van der Waals surface area contributed by atoms with Gasteiger partial charge in [0.2, 0.25) is 0 Å². The van der Waals surface area contributed by atoms with Crippen LogP contribution in [0.3, 0.4) is 0 Å². The Labute approximate surface area is 99.2 Å². The molecule has 0 amide bonds. The van der Waals surface area contributed by atoms with Crippen LogP contribution in [0.5, 0.6) is 5.75 Å². The van der Waals surface area contributed by atoms with Crippen LogP contribution >= 0.6 is 0 Å². The summed E-state index contributed by atoms with van der Waals surface area (Å²) in [4.78, 5) is 0.